The summed E-state index contributed by atoms with van der Waals surface area (Å²) in [6.07, 6.45) is 2.30. The molecule has 5 rings (SSSR count). The van der Waals surface area contributed by atoms with Crippen LogP contribution in [-0.2, 0) is 14.3 Å². The number of piperidine rings is 1. The van der Waals surface area contributed by atoms with Crippen LogP contribution >= 0.6 is 0 Å². The second kappa shape index (κ2) is 11.1. The lowest BCUT2D eigenvalue weighted by Crippen LogP contribution is -2.54. The minimum Gasteiger partial charge on any atom is -0.396 e. The van der Waals surface area contributed by atoms with Crippen LogP contribution in [0.5, 0.6) is 0 Å². The predicted molar refractivity (Wildman–Crippen MR) is 135 cm³/mol. The third-order valence-corrected chi connectivity index (χ3v) is 7.57. The molecule has 1 saturated carbocycles. The lowest BCUT2D eigenvalue weighted by molar-refractivity contribution is -0.136. The Balaban J connectivity index is 1.09. The van der Waals surface area contributed by atoms with Gasteiger partial charge in [0.1, 0.15) is 6.04 Å². The van der Waals surface area contributed by atoms with E-state index in [2.05, 4.69) is 15.7 Å². The Morgan fingerprint density at radius 3 is 2.56 bits per heavy atom. The van der Waals surface area contributed by atoms with Crippen molar-refractivity contribution in [2.75, 3.05) is 30.8 Å². The molecule has 3 heterocycles. The number of carbonyl (C=O) groups is 4. The Labute approximate surface area is 223 Å². The first kappa shape index (κ1) is 26.7. The molecule has 208 valence electrons. The molecule has 1 aliphatic carbocycles. The molecule has 0 bridgehead atoms. The summed E-state index contributed by atoms with van der Waals surface area (Å²) in [6, 6.07) is 3.93. The zero-order valence-electron chi connectivity index (χ0n) is 21.2. The predicted octanol–water partition coefficient (Wildman–Crippen LogP) is 2.66. The van der Waals surface area contributed by atoms with E-state index in [4.69, 9.17) is 10.5 Å². The molecule has 4 N–H and O–H groups in total. The van der Waals surface area contributed by atoms with Gasteiger partial charge < -0.3 is 15.8 Å². The number of hydrogen-bond donors (Lipinski definition) is 3. The van der Waals surface area contributed by atoms with Gasteiger partial charge in [0.15, 0.2) is 5.69 Å². The smallest absolute Gasteiger partial charge is 0.284 e. The molecule has 1 atom stereocenters. The Morgan fingerprint density at radius 2 is 1.87 bits per heavy atom. The van der Waals surface area contributed by atoms with Crippen LogP contribution in [0.25, 0.3) is 0 Å². The largest absolute Gasteiger partial charge is 0.396 e. The van der Waals surface area contributed by atoms with E-state index < -0.39 is 36.1 Å². The van der Waals surface area contributed by atoms with Crippen LogP contribution in [0.3, 0.4) is 0 Å². The summed E-state index contributed by atoms with van der Waals surface area (Å²) in [5.74, 6) is -1.85. The van der Waals surface area contributed by atoms with Gasteiger partial charge in [-0.3, -0.25) is 34.1 Å². The van der Waals surface area contributed by atoms with E-state index >= 15 is 0 Å². The Kier molecular flexibility index (Phi) is 7.60. The van der Waals surface area contributed by atoms with Crippen LogP contribution in [0.2, 0.25) is 0 Å². The number of ether oxygens (including phenoxy) is 1. The normalized spacial score (nSPS) is 23.4. The summed E-state index contributed by atoms with van der Waals surface area (Å²) in [6.45, 7) is 1.32. The van der Waals surface area contributed by atoms with Crippen LogP contribution in [0.4, 0.5) is 20.2 Å². The molecule has 3 aliphatic rings. The number of benzene rings is 1. The van der Waals surface area contributed by atoms with E-state index in [9.17, 15) is 28.0 Å². The van der Waals surface area contributed by atoms with Crippen LogP contribution in [0.1, 0.15) is 77.4 Å². The van der Waals surface area contributed by atoms with Crippen molar-refractivity contribution in [3.05, 3.63) is 41.2 Å². The maximum atomic E-state index is 13.2. The number of halogens is 2. The van der Waals surface area contributed by atoms with E-state index in [-0.39, 0.29) is 41.4 Å². The van der Waals surface area contributed by atoms with Crippen molar-refractivity contribution in [2.45, 2.75) is 57.0 Å². The van der Waals surface area contributed by atoms with Crippen LogP contribution < -0.4 is 16.4 Å². The fourth-order valence-electron chi connectivity index (χ4n) is 5.52. The summed E-state index contributed by atoms with van der Waals surface area (Å²) in [4.78, 5) is 50.8. The van der Waals surface area contributed by atoms with E-state index in [0.717, 1.165) is 30.6 Å². The van der Waals surface area contributed by atoms with Crippen LogP contribution in [0, 0.1) is 5.92 Å². The molecule has 1 aromatic carbocycles. The molecular formula is C26H30F2N6O5. The number of hydrogen-bond acceptors (Lipinski definition) is 8. The molecule has 13 heteroatoms. The number of fused-ring (bicyclic) bond motifs is 1. The number of alkyl halides is 2. The molecular weight excluding hydrogens is 514 g/mol. The van der Waals surface area contributed by atoms with E-state index in [1.54, 1.807) is 22.9 Å². The number of nitrogens with two attached hydrogens (primary N) is 1. The zero-order valence-corrected chi connectivity index (χ0v) is 21.2. The number of rotatable bonds is 9. The molecule has 1 saturated heterocycles. The van der Waals surface area contributed by atoms with Crippen molar-refractivity contribution in [1.29, 1.82) is 0 Å². The quantitative estimate of drug-likeness (QED) is 0.322. The van der Waals surface area contributed by atoms with Gasteiger partial charge in [0.2, 0.25) is 11.8 Å². The summed E-state index contributed by atoms with van der Waals surface area (Å²) in [7, 11) is 0. The molecule has 2 aliphatic heterocycles. The van der Waals surface area contributed by atoms with Crippen molar-refractivity contribution < 1.29 is 32.7 Å². The van der Waals surface area contributed by atoms with Gasteiger partial charge in [-0.1, -0.05) is 6.07 Å². The van der Waals surface area contributed by atoms with Crippen molar-refractivity contribution >= 4 is 35.0 Å². The molecule has 39 heavy (non-hydrogen) atoms. The molecule has 1 aromatic heterocycles. The average molecular weight is 545 g/mol. The maximum Gasteiger partial charge on any atom is 0.284 e. The second-order valence-electron chi connectivity index (χ2n) is 10.1. The average Bonchev–Trinajstić information content (AvgIpc) is 3.42. The molecule has 1 unspecified atom stereocenters. The fourth-order valence-corrected chi connectivity index (χ4v) is 5.52. The maximum absolute atomic E-state index is 13.2. The van der Waals surface area contributed by atoms with Gasteiger partial charge in [-0.2, -0.15) is 5.10 Å². The van der Waals surface area contributed by atoms with Crippen molar-refractivity contribution in [3.8, 4) is 0 Å². The third kappa shape index (κ3) is 5.35. The van der Waals surface area contributed by atoms with Crippen LogP contribution in [-0.4, -0.2) is 64.1 Å². The van der Waals surface area contributed by atoms with Gasteiger partial charge >= 0.3 is 0 Å². The summed E-state index contributed by atoms with van der Waals surface area (Å²) in [5.41, 5.74) is 6.20. The number of aromatic nitrogens is 2. The minimum absolute atomic E-state index is 0.0155. The van der Waals surface area contributed by atoms with Gasteiger partial charge in [-0.25, -0.2) is 8.78 Å². The topological polar surface area (TPSA) is 149 Å². The fraction of sp³-hybridized carbons (Fsp3) is 0.500. The molecule has 4 amide bonds. The number of nitrogens with zero attached hydrogens (tertiary/aromatic N) is 3. The highest BCUT2D eigenvalue weighted by Crippen LogP contribution is 2.35. The van der Waals surface area contributed by atoms with Crippen molar-refractivity contribution in [3.63, 3.8) is 0 Å². The van der Waals surface area contributed by atoms with E-state index in [1.165, 1.54) is 6.20 Å². The summed E-state index contributed by atoms with van der Waals surface area (Å²) in [5, 5.41) is 9.31. The second-order valence-corrected chi connectivity index (χ2v) is 10.1. The number of imide groups is 2. The highest BCUT2D eigenvalue weighted by atomic mass is 19.3. The lowest BCUT2D eigenvalue weighted by Gasteiger charge is -2.28. The molecule has 2 fully saturated rings. The minimum atomic E-state index is -2.69. The number of anilines is 2. The number of carbonyl (C=O) groups excluding carboxylic acids is 4. The van der Waals surface area contributed by atoms with E-state index in [1.807, 2.05) is 0 Å². The van der Waals surface area contributed by atoms with Gasteiger partial charge in [-0.05, 0) is 50.2 Å². The Hall–Kier alpha value is -3.87. The first-order valence-electron chi connectivity index (χ1n) is 13.0. The third-order valence-electron chi connectivity index (χ3n) is 7.57. The van der Waals surface area contributed by atoms with Crippen LogP contribution in [0.15, 0.2) is 24.4 Å². The molecule has 11 nitrogen and oxygen atoms in total. The van der Waals surface area contributed by atoms with Gasteiger partial charge in [0, 0.05) is 31.5 Å². The summed E-state index contributed by atoms with van der Waals surface area (Å²) < 4.78 is 33.3. The first-order valence-corrected chi connectivity index (χ1v) is 13.0. The monoisotopic (exact) mass is 544 g/mol. The summed E-state index contributed by atoms with van der Waals surface area (Å²) >= 11 is 0. The Bertz CT molecular complexity index is 1290. The highest BCUT2D eigenvalue weighted by Gasteiger charge is 2.45. The number of nitrogens with one attached hydrogen (secondary N) is 2. The molecule has 0 spiro atoms. The standard InChI is InChI=1S/C26H30F2N6O5/c27-23(28)22-17(29)12-33(32-22)15-6-4-14(5-7-15)13-39-11-10-30-18-3-1-2-16-21(18)26(38)34(25(16)37)19-8-9-20(35)31-24(19)36/h1-3,12,14-15,19,23,30H,4-11,13,29H2,(H,31,35,36)/t14-,15-,19?. The number of nitrogen functional groups attached to an aromatic ring is 1. The Morgan fingerprint density at radius 1 is 1.10 bits per heavy atom. The lowest BCUT2D eigenvalue weighted by atomic mass is 9.86. The van der Waals surface area contributed by atoms with E-state index in [0.29, 0.717) is 31.4 Å². The first-order chi connectivity index (χ1) is 18.7. The number of amides is 4. The highest BCUT2D eigenvalue weighted by molar-refractivity contribution is 6.25. The van der Waals surface area contributed by atoms with Crippen molar-refractivity contribution in [2.24, 2.45) is 5.92 Å². The molecule has 2 aromatic rings. The zero-order chi connectivity index (χ0) is 27.7. The van der Waals surface area contributed by atoms with Gasteiger partial charge in [-0.15, -0.1) is 0 Å². The molecule has 0 radical (unpaired) electrons. The van der Waals surface area contributed by atoms with Crippen molar-refractivity contribution in [1.82, 2.24) is 20.0 Å². The van der Waals surface area contributed by atoms with Gasteiger partial charge in [0.25, 0.3) is 18.2 Å². The van der Waals surface area contributed by atoms with Gasteiger partial charge in [0.05, 0.1) is 29.5 Å². The SMILES string of the molecule is Nc1cn([C@H]2CC[C@H](COCCNc3cccc4c3C(=O)N(C3CCC(=O)NC3=O)C4=O)CC2)nc1C(F)F.